The molecule has 0 bridgehead atoms. The predicted octanol–water partition coefficient (Wildman–Crippen LogP) is -9.79. The van der Waals surface area contributed by atoms with Crippen LogP contribution in [0.15, 0.2) is 25.0 Å². The van der Waals surface area contributed by atoms with E-state index in [4.69, 9.17) is 72.9 Å². The number of nitrogens with zero attached hydrogens (tertiary/aromatic N) is 5. The van der Waals surface area contributed by atoms with Gasteiger partial charge in [-0.3, -0.25) is 63.0 Å². The molecule has 38 heteroatoms. The van der Waals surface area contributed by atoms with E-state index in [0.29, 0.717) is 6.42 Å². The van der Waals surface area contributed by atoms with Gasteiger partial charge in [-0.25, -0.2) is 9.36 Å². The number of amides is 7. The lowest BCUT2D eigenvalue weighted by Gasteiger charge is -2.28. The molecular weight excluding hydrogens is 1080 g/mol. The minimum absolute atomic E-state index is 0.00311. The molecule has 0 aliphatic rings. The van der Waals surface area contributed by atoms with Crippen molar-refractivity contribution in [3.8, 4) is 0 Å². The minimum atomic E-state index is -5.21. The Morgan fingerprint density at radius 3 is 0.975 bits per heavy atom. The molecule has 0 radical (unpaired) electrons. The number of aliphatic hydroxyl groups excluding tert-OH is 1. The van der Waals surface area contributed by atoms with Gasteiger partial charge >= 0.3 is 13.8 Å². The Morgan fingerprint density at radius 1 is 0.438 bits per heavy atom. The Kier molecular flexibility index (Phi) is 34.9. The van der Waals surface area contributed by atoms with E-state index in [1.807, 2.05) is 5.32 Å². The number of nitrogens with two attached hydrogens (primary N) is 11. The predicted molar refractivity (Wildman–Crippen MR) is 293 cm³/mol. The summed E-state index contributed by atoms with van der Waals surface area (Å²) < 4.78 is 15.5. The van der Waals surface area contributed by atoms with Crippen molar-refractivity contribution in [2.75, 3.05) is 45.9 Å². The average molecular weight is 1170 g/mol. The molecule has 0 aromatic rings. The molecule has 7 amide bonds. The number of carboxylic acid groups (broad SMARTS) is 1. The highest BCUT2D eigenvalue weighted by molar-refractivity contribution is 7.46. The maximum Gasteiger partial charge on any atom is 0.469 e. The first kappa shape index (κ1) is 72.1. The van der Waals surface area contributed by atoms with E-state index in [-0.39, 0.29) is 133 Å². The molecule has 8 atom stereocenters. The van der Waals surface area contributed by atoms with Crippen molar-refractivity contribution in [1.82, 2.24) is 37.2 Å². The molecule has 37 nitrogen and oxygen atoms in total. The van der Waals surface area contributed by atoms with Gasteiger partial charge in [0.05, 0.1) is 19.3 Å². The summed E-state index contributed by atoms with van der Waals surface area (Å²) in [6.07, 6.45) is -0.137. The lowest BCUT2D eigenvalue weighted by molar-refractivity contribution is -0.143. The lowest BCUT2D eigenvalue weighted by atomic mass is 10.0. The Bertz CT molecular complexity index is 2210. The number of aliphatic hydroxyl groups is 1. The molecule has 0 aliphatic carbocycles. The third kappa shape index (κ3) is 34.1. The van der Waals surface area contributed by atoms with E-state index in [9.17, 15) is 53.1 Å². The normalized spacial score (nSPS) is 14.0. The number of aliphatic imine (C=N–C) groups is 5. The van der Waals surface area contributed by atoms with E-state index in [1.165, 1.54) is 0 Å². The van der Waals surface area contributed by atoms with Gasteiger partial charge in [-0.15, -0.1) is 0 Å². The van der Waals surface area contributed by atoms with Crippen molar-refractivity contribution in [2.45, 2.75) is 133 Å². The topological polar surface area (TPSA) is 676 Å². The molecule has 0 fully saturated rings. The summed E-state index contributed by atoms with van der Waals surface area (Å²) in [4.78, 5) is 146. The third-order valence-electron chi connectivity index (χ3n) is 10.8. The quantitative estimate of drug-likeness (QED) is 0.0117. The zero-order valence-corrected chi connectivity index (χ0v) is 45.7. The maximum absolute atomic E-state index is 14.3. The standard InChI is InChI=1S/C42H84N23O14P/c1-21(2)18-27(63-30(67)22(43)8-3-13-54-38(44)45)35(72)61-24(10-5-15-56-40(48)49)32(69)59-23(9-4-14-55-39(46)47)31(68)60-25(11-6-16-57-41(50)51)33(70)64-28(19-66)36(73)62-26(12-7-17-58-42(52)53)34(71)65-29(37(74)75)20-79-80(76,77)78/h21-29,66H,3-20,43H2,1-2H3,(H,59,69)(H,60,68)(H,61,72)(H,62,73)(H,63,67)(H,64,70)(H,65,71)(H,74,75)(H4,44,45,54)(H4,46,47,55)(H4,48,49,56)(H4,50,51,57)(H4,52,53,58)(H2,76,77,78)/t22-,23-,24-,25-,26-,27-,28-,29-/m0/s1. The summed E-state index contributed by atoms with van der Waals surface area (Å²) in [6, 6.07) is -12.4. The van der Waals surface area contributed by atoms with Crippen molar-refractivity contribution in [2.24, 2.45) is 94.0 Å². The number of nitrogens with one attached hydrogen (secondary N) is 7. The van der Waals surface area contributed by atoms with Gasteiger partial charge in [0, 0.05) is 32.7 Å². The molecule has 0 aromatic heterocycles. The first-order valence-electron chi connectivity index (χ1n) is 25.1. The number of carbonyl (C=O) groups excluding carboxylic acids is 7. The summed E-state index contributed by atoms with van der Waals surface area (Å²) in [5.74, 6) is -10.2. The first-order chi connectivity index (χ1) is 37.4. The molecule has 0 saturated carbocycles. The second-order valence-electron chi connectivity index (χ2n) is 18.2. The third-order valence-corrected chi connectivity index (χ3v) is 11.3. The van der Waals surface area contributed by atoms with Crippen LogP contribution in [0.3, 0.4) is 0 Å². The van der Waals surface area contributed by atoms with Gasteiger partial charge in [0.25, 0.3) is 0 Å². The smallest absolute Gasteiger partial charge is 0.469 e. The lowest BCUT2D eigenvalue weighted by Crippen LogP contribution is -2.60. The minimum Gasteiger partial charge on any atom is -0.480 e. The fourth-order valence-corrected chi connectivity index (χ4v) is 7.24. The first-order valence-corrected chi connectivity index (χ1v) is 26.6. The number of phosphoric acid groups is 1. The van der Waals surface area contributed by atoms with E-state index in [0.717, 1.165) is 0 Å². The number of aliphatic carboxylic acids is 1. The van der Waals surface area contributed by atoms with Crippen molar-refractivity contribution in [3.63, 3.8) is 0 Å². The van der Waals surface area contributed by atoms with Crippen LogP contribution >= 0.6 is 7.82 Å². The highest BCUT2D eigenvalue weighted by atomic mass is 31.2. The summed E-state index contributed by atoms with van der Waals surface area (Å²) in [6.45, 7) is 1.22. The molecule has 0 unspecified atom stereocenters. The van der Waals surface area contributed by atoms with E-state index in [2.05, 4.69) is 61.4 Å². The van der Waals surface area contributed by atoms with Crippen LogP contribution in [0.2, 0.25) is 0 Å². The zero-order valence-electron chi connectivity index (χ0n) is 44.8. The second kappa shape index (κ2) is 38.7. The van der Waals surface area contributed by atoms with Crippen LogP contribution in [0.4, 0.5) is 0 Å². The van der Waals surface area contributed by atoms with Crippen molar-refractivity contribution in [3.05, 3.63) is 0 Å². The van der Waals surface area contributed by atoms with Gasteiger partial charge in [0.1, 0.15) is 36.3 Å². The van der Waals surface area contributed by atoms with Gasteiger partial charge in [-0.2, -0.15) is 0 Å². The van der Waals surface area contributed by atoms with Gasteiger partial charge in [0.15, 0.2) is 35.8 Å². The van der Waals surface area contributed by atoms with E-state index in [1.54, 1.807) is 13.8 Å². The van der Waals surface area contributed by atoms with Crippen LogP contribution in [-0.2, 0) is 47.4 Å². The molecule has 33 N–H and O–H groups in total. The summed E-state index contributed by atoms with van der Waals surface area (Å²) >= 11 is 0. The number of hydrogen-bond acceptors (Lipinski definition) is 17. The van der Waals surface area contributed by atoms with Crippen LogP contribution in [-0.4, -0.2) is 191 Å². The Labute approximate surface area is 461 Å². The maximum atomic E-state index is 14.3. The molecule has 0 heterocycles. The van der Waals surface area contributed by atoms with Gasteiger partial charge in [-0.05, 0) is 76.5 Å². The molecule has 0 spiro atoms. The number of carboxylic acids is 1. The molecule has 0 rings (SSSR count). The van der Waals surface area contributed by atoms with Crippen molar-refractivity contribution in [1.29, 1.82) is 0 Å². The van der Waals surface area contributed by atoms with Gasteiger partial charge in [0.2, 0.25) is 41.4 Å². The van der Waals surface area contributed by atoms with E-state index < -0.39 is 117 Å². The molecule has 0 aliphatic heterocycles. The zero-order chi connectivity index (χ0) is 61.1. The second-order valence-corrected chi connectivity index (χ2v) is 19.5. The van der Waals surface area contributed by atoms with Crippen molar-refractivity contribution >= 4 is 84.9 Å². The highest BCUT2D eigenvalue weighted by Crippen LogP contribution is 2.35. The number of phosphoric ester groups is 1. The fraction of sp³-hybridized carbons (Fsp3) is 0.690. The molecule has 456 valence electrons. The SMILES string of the molecule is CC(C)C[C@H](NC(=O)[C@@H](N)CCCN=C(N)N)C(=O)N[C@@H](CCCN=C(N)N)C(=O)N[C@@H](CCCN=C(N)N)C(=O)N[C@@H](CCCN=C(N)N)C(=O)N[C@@H](CO)C(=O)N[C@@H](CCCN=C(N)N)C(=O)N[C@@H](COP(=O)(O)O)C(=O)O. The largest absolute Gasteiger partial charge is 0.480 e. The summed E-state index contributed by atoms with van der Waals surface area (Å²) in [5.41, 5.74) is 60.5. The van der Waals surface area contributed by atoms with Gasteiger partial charge in [-0.1, -0.05) is 13.8 Å². The number of rotatable bonds is 41. The number of hydrogen-bond donors (Lipinski definition) is 22. The Morgan fingerprint density at radius 2 is 0.700 bits per heavy atom. The van der Waals surface area contributed by atoms with E-state index >= 15 is 0 Å². The van der Waals surface area contributed by atoms with Crippen LogP contribution in [0.25, 0.3) is 0 Å². The highest BCUT2D eigenvalue weighted by Gasteiger charge is 2.35. The van der Waals surface area contributed by atoms with Crippen LogP contribution in [0.5, 0.6) is 0 Å². The molecular formula is C42H84N23O14P. The van der Waals surface area contributed by atoms with Crippen LogP contribution in [0, 0.1) is 5.92 Å². The molecule has 0 saturated heterocycles. The summed E-state index contributed by atoms with van der Waals surface area (Å²) in [5, 5.41) is 36.9. The molecule has 80 heavy (non-hydrogen) atoms. The Hall–Kier alpha value is -7.86. The van der Waals surface area contributed by atoms with Crippen LogP contribution in [0.1, 0.15) is 84.5 Å². The van der Waals surface area contributed by atoms with Gasteiger partial charge < -0.3 is 120 Å². The number of carbonyl (C=O) groups is 8. The average Bonchev–Trinajstić information content (AvgIpc) is 3.35. The monoisotopic (exact) mass is 1170 g/mol. The summed E-state index contributed by atoms with van der Waals surface area (Å²) in [7, 11) is -5.21. The van der Waals surface area contributed by atoms with Crippen molar-refractivity contribution < 1.29 is 67.4 Å². The molecule has 0 aromatic carbocycles. The number of guanidine groups is 5. The van der Waals surface area contributed by atoms with Crippen LogP contribution < -0.4 is 100 Å². The Balaban J connectivity index is 7.03. The fourth-order valence-electron chi connectivity index (χ4n) is 6.90.